The third-order valence-corrected chi connectivity index (χ3v) is 3.52. The maximum Gasteiger partial charge on any atom is 0.252 e. The predicted octanol–water partition coefficient (Wildman–Crippen LogP) is 3.63. The van der Waals surface area contributed by atoms with Crippen LogP contribution >= 0.6 is 31.9 Å². The minimum absolute atomic E-state index is 0.0987. The molecule has 0 saturated carbocycles. The molecule has 0 aliphatic carbocycles. The number of benzene rings is 1. The topological polar surface area (TPSA) is 52.9 Å². The summed E-state index contributed by atoms with van der Waals surface area (Å²) in [6.07, 6.45) is 1.07. The molecule has 1 unspecified atom stereocenters. The monoisotopic (exact) mass is 358 g/mol. The normalized spacial score (nSPS) is 11.6. The highest BCUT2D eigenvalue weighted by Crippen LogP contribution is 2.21. The van der Waals surface area contributed by atoms with Crippen molar-refractivity contribution in [3.8, 4) is 6.07 Å². The van der Waals surface area contributed by atoms with Crippen molar-refractivity contribution in [3.05, 3.63) is 32.7 Å². The molecule has 90 valence electrons. The van der Waals surface area contributed by atoms with Crippen LogP contribution in [0.25, 0.3) is 0 Å². The van der Waals surface area contributed by atoms with Crippen molar-refractivity contribution in [2.45, 2.75) is 25.8 Å². The summed E-state index contributed by atoms with van der Waals surface area (Å²) in [6.45, 7) is 1.94. The molecule has 1 N–H and O–H groups in total. The molecule has 0 aromatic heterocycles. The van der Waals surface area contributed by atoms with E-state index in [1.807, 2.05) is 19.1 Å². The van der Waals surface area contributed by atoms with Crippen molar-refractivity contribution in [1.29, 1.82) is 5.26 Å². The van der Waals surface area contributed by atoms with Gasteiger partial charge in [0.15, 0.2) is 0 Å². The number of nitrogens with one attached hydrogen (secondary N) is 1. The van der Waals surface area contributed by atoms with Crippen LogP contribution in [0.4, 0.5) is 0 Å². The van der Waals surface area contributed by atoms with E-state index in [9.17, 15) is 4.79 Å². The molecule has 17 heavy (non-hydrogen) atoms. The number of hydrogen-bond donors (Lipinski definition) is 1. The van der Waals surface area contributed by atoms with E-state index in [2.05, 4.69) is 43.2 Å². The van der Waals surface area contributed by atoms with Gasteiger partial charge in [0.1, 0.15) is 0 Å². The van der Waals surface area contributed by atoms with E-state index in [1.165, 1.54) is 0 Å². The van der Waals surface area contributed by atoms with Crippen LogP contribution in [0, 0.1) is 11.3 Å². The Labute approximate surface area is 117 Å². The summed E-state index contributed by atoms with van der Waals surface area (Å²) in [6, 6.07) is 7.38. The summed E-state index contributed by atoms with van der Waals surface area (Å²) in [7, 11) is 0. The summed E-state index contributed by atoms with van der Waals surface area (Å²) in [5.41, 5.74) is 0.566. The lowest BCUT2D eigenvalue weighted by atomic mass is 10.1. The zero-order valence-electron chi connectivity index (χ0n) is 9.34. The van der Waals surface area contributed by atoms with Crippen molar-refractivity contribution >= 4 is 37.8 Å². The van der Waals surface area contributed by atoms with E-state index in [-0.39, 0.29) is 11.9 Å². The standard InChI is InChI=1S/C12H12Br2N2O/c1-2-9(5-6-15)16-12(17)10-7-8(13)3-4-11(10)14/h3-4,7,9H,2,5H2,1H3,(H,16,17). The third kappa shape index (κ3) is 4.14. The first-order valence-electron chi connectivity index (χ1n) is 5.21. The van der Waals surface area contributed by atoms with Crippen molar-refractivity contribution in [3.63, 3.8) is 0 Å². The van der Waals surface area contributed by atoms with Gasteiger partial charge in [-0.15, -0.1) is 0 Å². The lowest BCUT2D eigenvalue weighted by Gasteiger charge is -2.14. The molecule has 1 rings (SSSR count). The van der Waals surface area contributed by atoms with E-state index >= 15 is 0 Å². The molecule has 3 nitrogen and oxygen atoms in total. The van der Waals surface area contributed by atoms with Crippen molar-refractivity contribution in [2.24, 2.45) is 0 Å². The van der Waals surface area contributed by atoms with Gasteiger partial charge >= 0.3 is 0 Å². The highest BCUT2D eigenvalue weighted by Gasteiger charge is 2.14. The zero-order valence-corrected chi connectivity index (χ0v) is 12.5. The second-order valence-corrected chi connectivity index (χ2v) is 5.34. The summed E-state index contributed by atoms with van der Waals surface area (Å²) >= 11 is 6.66. The average molecular weight is 360 g/mol. The Balaban J connectivity index is 2.82. The molecule has 0 radical (unpaired) electrons. The second kappa shape index (κ2) is 6.77. The van der Waals surface area contributed by atoms with Gasteiger partial charge < -0.3 is 5.32 Å². The molecular weight excluding hydrogens is 348 g/mol. The van der Waals surface area contributed by atoms with E-state index in [4.69, 9.17) is 5.26 Å². The summed E-state index contributed by atoms with van der Waals surface area (Å²) in [5.74, 6) is -0.166. The minimum Gasteiger partial charge on any atom is -0.348 e. The highest BCUT2D eigenvalue weighted by molar-refractivity contribution is 9.11. The van der Waals surface area contributed by atoms with Gasteiger partial charge in [0.2, 0.25) is 0 Å². The number of nitrogens with zero attached hydrogens (tertiary/aromatic N) is 1. The molecule has 1 aromatic rings. The summed E-state index contributed by atoms with van der Waals surface area (Å²) in [5, 5.41) is 11.5. The molecule has 0 bridgehead atoms. The summed E-state index contributed by atoms with van der Waals surface area (Å²) < 4.78 is 1.59. The number of nitriles is 1. The molecule has 0 spiro atoms. The number of hydrogen-bond acceptors (Lipinski definition) is 2. The third-order valence-electron chi connectivity index (χ3n) is 2.34. The van der Waals surface area contributed by atoms with Gasteiger partial charge in [-0.1, -0.05) is 22.9 Å². The van der Waals surface area contributed by atoms with Gasteiger partial charge in [-0.3, -0.25) is 4.79 Å². The number of carbonyl (C=O) groups is 1. The average Bonchev–Trinajstić information content (AvgIpc) is 2.31. The Kier molecular flexibility index (Phi) is 5.66. The Hall–Kier alpha value is -0.860. The fourth-order valence-electron chi connectivity index (χ4n) is 1.34. The van der Waals surface area contributed by atoms with Gasteiger partial charge in [-0.25, -0.2) is 0 Å². The molecule has 0 saturated heterocycles. The van der Waals surface area contributed by atoms with Crippen molar-refractivity contribution in [1.82, 2.24) is 5.32 Å². The van der Waals surface area contributed by atoms with Gasteiger partial charge in [0.25, 0.3) is 5.91 Å². The molecule has 0 fully saturated rings. The van der Waals surface area contributed by atoms with Crippen LogP contribution in [0.5, 0.6) is 0 Å². The number of rotatable bonds is 4. The molecule has 1 amide bonds. The number of halogens is 2. The van der Waals surface area contributed by atoms with Crippen molar-refractivity contribution < 1.29 is 4.79 Å². The maximum absolute atomic E-state index is 12.0. The second-order valence-electron chi connectivity index (χ2n) is 3.57. The first kappa shape index (κ1) is 14.2. The SMILES string of the molecule is CCC(CC#N)NC(=O)c1cc(Br)ccc1Br. The molecule has 0 aliphatic rings. The Bertz CT molecular complexity index is 454. The maximum atomic E-state index is 12.0. The molecule has 1 atom stereocenters. The molecular formula is C12H12Br2N2O. The van der Waals surface area contributed by atoms with E-state index in [0.717, 1.165) is 15.4 Å². The van der Waals surface area contributed by atoms with Gasteiger partial charge in [-0.05, 0) is 40.5 Å². The first-order chi connectivity index (χ1) is 8.08. The van der Waals surface area contributed by atoms with Crippen molar-refractivity contribution in [2.75, 3.05) is 0 Å². The summed E-state index contributed by atoms with van der Waals surface area (Å²) in [4.78, 5) is 12.0. The van der Waals surface area contributed by atoms with Crippen LogP contribution in [0.1, 0.15) is 30.1 Å². The quantitative estimate of drug-likeness (QED) is 0.892. The van der Waals surface area contributed by atoms with Crippen LogP contribution in [0.2, 0.25) is 0 Å². The number of amides is 1. The molecule has 0 heterocycles. The van der Waals surface area contributed by atoms with Gasteiger partial charge in [0, 0.05) is 15.0 Å². The molecule has 0 aliphatic heterocycles. The Morgan fingerprint density at radius 3 is 2.82 bits per heavy atom. The van der Waals surface area contributed by atoms with Crippen LogP contribution < -0.4 is 5.32 Å². The largest absolute Gasteiger partial charge is 0.348 e. The fraction of sp³-hybridized carbons (Fsp3) is 0.333. The molecule has 5 heteroatoms. The van der Waals surface area contributed by atoms with E-state index < -0.39 is 0 Å². The van der Waals surface area contributed by atoms with E-state index in [0.29, 0.717) is 12.0 Å². The number of carbonyl (C=O) groups excluding carboxylic acids is 1. The lowest BCUT2D eigenvalue weighted by Crippen LogP contribution is -2.34. The lowest BCUT2D eigenvalue weighted by molar-refractivity contribution is 0.0936. The zero-order chi connectivity index (χ0) is 12.8. The first-order valence-corrected chi connectivity index (χ1v) is 6.80. The minimum atomic E-state index is -0.166. The Morgan fingerprint density at radius 2 is 2.24 bits per heavy atom. The Morgan fingerprint density at radius 1 is 1.53 bits per heavy atom. The van der Waals surface area contributed by atoms with Gasteiger partial charge in [-0.2, -0.15) is 5.26 Å². The predicted molar refractivity (Wildman–Crippen MR) is 73.6 cm³/mol. The van der Waals surface area contributed by atoms with Crippen LogP contribution in [0.15, 0.2) is 27.1 Å². The highest BCUT2D eigenvalue weighted by atomic mass is 79.9. The van der Waals surface area contributed by atoms with E-state index in [1.54, 1.807) is 6.07 Å². The fourth-order valence-corrected chi connectivity index (χ4v) is 2.13. The molecule has 1 aromatic carbocycles. The van der Waals surface area contributed by atoms with Crippen LogP contribution in [0.3, 0.4) is 0 Å². The van der Waals surface area contributed by atoms with Gasteiger partial charge in [0.05, 0.1) is 18.1 Å². The van der Waals surface area contributed by atoms with Crippen LogP contribution in [-0.4, -0.2) is 11.9 Å². The smallest absolute Gasteiger partial charge is 0.252 e. The van der Waals surface area contributed by atoms with Crippen LogP contribution in [-0.2, 0) is 0 Å².